The summed E-state index contributed by atoms with van der Waals surface area (Å²) in [5, 5.41) is 5.15. The number of carbonyl (C=O) groups excluding carboxylic acids is 2. The van der Waals surface area contributed by atoms with Crippen molar-refractivity contribution in [2.75, 3.05) is 6.54 Å². The van der Waals surface area contributed by atoms with Crippen LogP contribution in [-0.4, -0.2) is 32.3 Å². The lowest BCUT2D eigenvalue weighted by atomic mass is 10.1. The maximum absolute atomic E-state index is 12.5. The predicted molar refractivity (Wildman–Crippen MR) is 96.3 cm³/mol. The fraction of sp³-hybridized carbons (Fsp3) is 0.333. The van der Waals surface area contributed by atoms with Gasteiger partial charge in [-0.15, -0.1) is 0 Å². The molecule has 8 heteroatoms. The van der Waals surface area contributed by atoms with Crippen molar-refractivity contribution in [3.05, 3.63) is 54.0 Å². The summed E-state index contributed by atoms with van der Waals surface area (Å²) >= 11 is 0. The van der Waals surface area contributed by atoms with Crippen LogP contribution < -0.4 is 10.6 Å². The summed E-state index contributed by atoms with van der Waals surface area (Å²) < 4.78 is 30.1. The van der Waals surface area contributed by atoms with E-state index in [1.807, 2.05) is 20.8 Å². The first-order valence-electron chi connectivity index (χ1n) is 8.02. The van der Waals surface area contributed by atoms with Crippen LogP contribution in [0.5, 0.6) is 0 Å². The average Bonchev–Trinajstić information content (AvgIpc) is 2.99. The van der Waals surface area contributed by atoms with Crippen molar-refractivity contribution in [3.63, 3.8) is 0 Å². The average molecular weight is 378 g/mol. The SMILES string of the molecule is CC(C)(C)NC(=O)CNC(=O)c1occc1CS(=O)(=O)c1ccccc1. The first kappa shape index (κ1) is 19.7. The zero-order chi connectivity index (χ0) is 19.4. The molecule has 1 heterocycles. The van der Waals surface area contributed by atoms with Crippen LogP contribution in [0.25, 0.3) is 0 Å². The van der Waals surface area contributed by atoms with Gasteiger partial charge in [0.1, 0.15) is 0 Å². The van der Waals surface area contributed by atoms with E-state index in [1.54, 1.807) is 18.2 Å². The molecule has 0 fully saturated rings. The van der Waals surface area contributed by atoms with E-state index in [-0.39, 0.29) is 34.4 Å². The lowest BCUT2D eigenvalue weighted by Gasteiger charge is -2.20. The van der Waals surface area contributed by atoms with Crippen molar-refractivity contribution in [2.24, 2.45) is 0 Å². The van der Waals surface area contributed by atoms with Gasteiger partial charge in [0.25, 0.3) is 5.91 Å². The Morgan fingerprint density at radius 3 is 2.35 bits per heavy atom. The summed E-state index contributed by atoms with van der Waals surface area (Å²) in [6.07, 6.45) is 1.25. The molecule has 0 spiro atoms. The van der Waals surface area contributed by atoms with Crippen molar-refractivity contribution in [3.8, 4) is 0 Å². The molecule has 2 aromatic rings. The minimum Gasteiger partial charge on any atom is -0.459 e. The van der Waals surface area contributed by atoms with Crippen molar-refractivity contribution < 1.29 is 22.4 Å². The minimum absolute atomic E-state index is 0.118. The quantitative estimate of drug-likeness (QED) is 0.799. The van der Waals surface area contributed by atoms with E-state index in [2.05, 4.69) is 10.6 Å². The van der Waals surface area contributed by atoms with Crippen LogP contribution in [0.15, 0.2) is 52.0 Å². The number of sulfone groups is 1. The highest BCUT2D eigenvalue weighted by Crippen LogP contribution is 2.19. The molecule has 0 aliphatic rings. The van der Waals surface area contributed by atoms with Gasteiger partial charge in [0.2, 0.25) is 5.91 Å². The number of nitrogens with one attached hydrogen (secondary N) is 2. The Hall–Kier alpha value is -2.61. The maximum atomic E-state index is 12.5. The van der Waals surface area contributed by atoms with Gasteiger partial charge in [-0.1, -0.05) is 18.2 Å². The van der Waals surface area contributed by atoms with Crippen LogP contribution in [0.2, 0.25) is 0 Å². The van der Waals surface area contributed by atoms with Crippen LogP contribution in [0.3, 0.4) is 0 Å². The largest absolute Gasteiger partial charge is 0.459 e. The van der Waals surface area contributed by atoms with Gasteiger partial charge in [-0.05, 0) is 39.0 Å². The highest BCUT2D eigenvalue weighted by Gasteiger charge is 2.23. The van der Waals surface area contributed by atoms with Gasteiger partial charge >= 0.3 is 0 Å². The minimum atomic E-state index is -3.61. The molecular formula is C18H22N2O5S. The monoisotopic (exact) mass is 378 g/mol. The Labute approximate surface area is 152 Å². The van der Waals surface area contributed by atoms with Gasteiger partial charge in [0.05, 0.1) is 23.5 Å². The normalized spacial score (nSPS) is 11.8. The third-order valence-corrected chi connectivity index (χ3v) is 5.01. The third kappa shape index (κ3) is 5.45. The molecule has 0 saturated carbocycles. The molecule has 0 saturated heterocycles. The first-order valence-corrected chi connectivity index (χ1v) is 9.67. The van der Waals surface area contributed by atoms with E-state index in [0.717, 1.165) is 0 Å². The lowest BCUT2D eigenvalue weighted by molar-refractivity contribution is -0.121. The fourth-order valence-corrected chi connectivity index (χ4v) is 3.64. The van der Waals surface area contributed by atoms with Gasteiger partial charge in [-0.25, -0.2) is 8.42 Å². The Balaban J connectivity index is 2.06. The van der Waals surface area contributed by atoms with Gasteiger partial charge < -0.3 is 15.1 Å². The van der Waals surface area contributed by atoms with Crippen LogP contribution in [0, 0.1) is 0 Å². The topological polar surface area (TPSA) is 105 Å². The van der Waals surface area contributed by atoms with Crippen LogP contribution in [-0.2, 0) is 20.4 Å². The summed E-state index contributed by atoms with van der Waals surface area (Å²) in [4.78, 5) is 24.2. The molecular weight excluding hydrogens is 356 g/mol. The zero-order valence-corrected chi connectivity index (χ0v) is 15.7. The van der Waals surface area contributed by atoms with Crippen molar-refractivity contribution >= 4 is 21.7 Å². The maximum Gasteiger partial charge on any atom is 0.287 e. The summed E-state index contributed by atoms with van der Waals surface area (Å²) in [6, 6.07) is 9.40. The molecule has 7 nitrogen and oxygen atoms in total. The summed E-state index contributed by atoms with van der Waals surface area (Å²) in [5.74, 6) is -1.48. The van der Waals surface area contributed by atoms with Crippen molar-refractivity contribution in [1.82, 2.24) is 10.6 Å². The summed E-state index contributed by atoms with van der Waals surface area (Å²) in [5.41, 5.74) is -0.177. The van der Waals surface area contributed by atoms with E-state index in [4.69, 9.17) is 4.42 Å². The second kappa shape index (κ2) is 7.74. The zero-order valence-electron chi connectivity index (χ0n) is 14.9. The highest BCUT2D eigenvalue weighted by molar-refractivity contribution is 7.90. The summed E-state index contributed by atoms with van der Waals surface area (Å²) in [6.45, 7) is 5.24. The smallest absolute Gasteiger partial charge is 0.287 e. The van der Waals surface area contributed by atoms with E-state index >= 15 is 0 Å². The molecule has 0 aliphatic carbocycles. The number of furan rings is 1. The number of rotatable bonds is 6. The van der Waals surface area contributed by atoms with Crippen molar-refractivity contribution in [1.29, 1.82) is 0 Å². The lowest BCUT2D eigenvalue weighted by Crippen LogP contribution is -2.45. The van der Waals surface area contributed by atoms with Gasteiger partial charge in [0.15, 0.2) is 15.6 Å². The Bertz CT molecular complexity index is 880. The van der Waals surface area contributed by atoms with E-state index in [0.29, 0.717) is 0 Å². The number of amides is 2. The van der Waals surface area contributed by atoms with Gasteiger partial charge in [-0.2, -0.15) is 0 Å². The number of carbonyl (C=O) groups is 2. The molecule has 1 aromatic heterocycles. The molecule has 2 amide bonds. The van der Waals surface area contributed by atoms with E-state index in [9.17, 15) is 18.0 Å². The Morgan fingerprint density at radius 2 is 1.73 bits per heavy atom. The van der Waals surface area contributed by atoms with Gasteiger partial charge in [-0.3, -0.25) is 9.59 Å². The van der Waals surface area contributed by atoms with E-state index < -0.39 is 21.3 Å². The molecule has 140 valence electrons. The second-order valence-corrected chi connectivity index (χ2v) is 8.82. The number of benzene rings is 1. The standard InChI is InChI=1S/C18H22N2O5S/c1-18(2,3)20-15(21)11-19-17(22)16-13(9-10-25-16)12-26(23,24)14-7-5-4-6-8-14/h4-10H,11-12H2,1-3H3,(H,19,22)(H,20,21). The number of hydrogen-bond donors (Lipinski definition) is 2. The molecule has 26 heavy (non-hydrogen) atoms. The molecule has 0 radical (unpaired) electrons. The molecule has 0 unspecified atom stereocenters. The van der Waals surface area contributed by atoms with Crippen molar-refractivity contribution in [2.45, 2.75) is 37.0 Å². The summed E-state index contributed by atoms with van der Waals surface area (Å²) in [7, 11) is -3.61. The molecule has 0 aliphatic heterocycles. The third-order valence-electron chi connectivity index (χ3n) is 3.32. The molecule has 2 N–H and O–H groups in total. The first-order chi connectivity index (χ1) is 12.1. The molecule has 2 rings (SSSR count). The van der Waals surface area contributed by atoms with E-state index in [1.165, 1.54) is 24.5 Å². The molecule has 0 bridgehead atoms. The second-order valence-electron chi connectivity index (χ2n) is 6.83. The Kier molecular flexibility index (Phi) is 5.86. The highest BCUT2D eigenvalue weighted by atomic mass is 32.2. The molecule has 0 atom stereocenters. The number of hydrogen-bond acceptors (Lipinski definition) is 5. The van der Waals surface area contributed by atoms with Crippen LogP contribution in [0.1, 0.15) is 36.9 Å². The molecule has 1 aromatic carbocycles. The van der Waals surface area contributed by atoms with Gasteiger partial charge in [0, 0.05) is 11.1 Å². The predicted octanol–water partition coefficient (Wildman–Crippen LogP) is 1.90. The fourth-order valence-electron chi connectivity index (χ4n) is 2.27. The van der Waals surface area contributed by atoms with Crippen LogP contribution in [0.4, 0.5) is 0 Å². The van der Waals surface area contributed by atoms with Crippen LogP contribution >= 0.6 is 0 Å². The Morgan fingerprint density at radius 1 is 1.08 bits per heavy atom.